The van der Waals surface area contributed by atoms with Crippen molar-refractivity contribution in [2.24, 2.45) is 0 Å². The summed E-state index contributed by atoms with van der Waals surface area (Å²) in [5, 5.41) is 2.20. The summed E-state index contributed by atoms with van der Waals surface area (Å²) in [5.41, 5.74) is 1.67. The normalized spacial score (nSPS) is 10.8. The zero-order valence-corrected chi connectivity index (χ0v) is 12.9. The van der Waals surface area contributed by atoms with Crippen LogP contribution in [0.3, 0.4) is 0 Å². The minimum absolute atomic E-state index is 0.575. The summed E-state index contributed by atoms with van der Waals surface area (Å²) < 4.78 is 11.7. The van der Waals surface area contributed by atoms with E-state index in [1.807, 2.05) is 49.4 Å². The van der Waals surface area contributed by atoms with Crippen LogP contribution in [0.15, 0.2) is 52.9 Å². The van der Waals surface area contributed by atoms with Crippen LogP contribution in [-0.2, 0) is 0 Å². The Labute approximate surface area is 132 Å². The van der Waals surface area contributed by atoms with E-state index in [0.717, 1.165) is 28.0 Å². The number of fused-ring (bicyclic) bond motifs is 1. The first-order chi connectivity index (χ1) is 10.2. The SMILES string of the molecule is CCOc1cc(-c2ccc(Cl)cc2)[o+]c2ccc(Cl)cc12. The Morgan fingerprint density at radius 3 is 2.38 bits per heavy atom. The summed E-state index contributed by atoms with van der Waals surface area (Å²) in [5.74, 6) is 1.48. The molecule has 0 spiro atoms. The van der Waals surface area contributed by atoms with Gasteiger partial charge in [-0.25, -0.2) is 4.42 Å². The van der Waals surface area contributed by atoms with Gasteiger partial charge < -0.3 is 4.74 Å². The molecule has 0 saturated heterocycles. The van der Waals surface area contributed by atoms with Crippen molar-refractivity contribution in [3.8, 4) is 17.1 Å². The summed E-state index contributed by atoms with van der Waals surface area (Å²) >= 11 is 12.0. The van der Waals surface area contributed by atoms with Gasteiger partial charge in [0.25, 0.3) is 0 Å². The quantitative estimate of drug-likeness (QED) is 0.545. The molecule has 4 heteroatoms. The van der Waals surface area contributed by atoms with Gasteiger partial charge in [-0.3, -0.25) is 0 Å². The highest BCUT2D eigenvalue weighted by Crippen LogP contribution is 2.34. The number of hydrogen-bond acceptors (Lipinski definition) is 1. The number of ether oxygens (including phenoxy) is 1. The van der Waals surface area contributed by atoms with Crippen LogP contribution in [0, 0.1) is 0 Å². The Hall–Kier alpha value is -1.77. The molecule has 0 saturated carbocycles. The Kier molecular flexibility index (Phi) is 4.00. The molecule has 0 amide bonds. The maximum absolute atomic E-state index is 6.05. The van der Waals surface area contributed by atoms with Gasteiger partial charge in [0.2, 0.25) is 0 Å². The minimum atomic E-state index is 0.575. The summed E-state index contributed by atoms with van der Waals surface area (Å²) in [7, 11) is 0. The first-order valence-electron chi connectivity index (χ1n) is 6.62. The highest BCUT2D eigenvalue weighted by Gasteiger charge is 2.20. The van der Waals surface area contributed by atoms with E-state index in [-0.39, 0.29) is 0 Å². The van der Waals surface area contributed by atoms with Crippen LogP contribution in [0.1, 0.15) is 6.92 Å². The Morgan fingerprint density at radius 1 is 0.952 bits per heavy atom. The van der Waals surface area contributed by atoms with E-state index in [1.54, 1.807) is 6.07 Å². The summed E-state index contributed by atoms with van der Waals surface area (Å²) in [6.07, 6.45) is 0. The number of hydrogen-bond donors (Lipinski definition) is 0. The molecule has 0 unspecified atom stereocenters. The fourth-order valence-electron chi connectivity index (χ4n) is 2.16. The van der Waals surface area contributed by atoms with Crippen LogP contribution in [0.2, 0.25) is 10.0 Å². The van der Waals surface area contributed by atoms with E-state index in [4.69, 9.17) is 32.4 Å². The molecular formula is C17H13Cl2O2+. The van der Waals surface area contributed by atoms with Crippen LogP contribution in [0.5, 0.6) is 5.75 Å². The lowest BCUT2D eigenvalue weighted by Crippen LogP contribution is -1.93. The smallest absolute Gasteiger partial charge is 0.364 e. The molecule has 0 N–H and O–H groups in total. The van der Waals surface area contributed by atoms with Crippen molar-refractivity contribution < 1.29 is 9.15 Å². The van der Waals surface area contributed by atoms with Crippen LogP contribution in [0.4, 0.5) is 0 Å². The lowest BCUT2D eigenvalue weighted by Gasteiger charge is -2.04. The lowest BCUT2D eigenvalue weighted by molar-refractivity contribution is 0.342. The van der Waals surface area contributed by atoms with Gasteiger partial charge in [0.05, 0.1) is 18.2 Å². The van der Waals surface area contributed by atoms with Crippen molar-refractivity contribution in [1.82, 2.24) is 0 Å². The largest absolute Gasteiger partial charge is 0.493 e. The molecule has 0 aliphatic rings. The van der Waals surface area contributed by atoms with E-state index < -0.39 is 0 Å². The van der Waals surface area contributed by atoms with Gasteiger partial charge in [0, 0.05) is 16.1 Å². The predicted molar refractivity (Wildman–Crippen MR) is 87.2 cm³/mol. The molecule has 2 nitrogen and oxygen atoms in total. The van der Waals surface area contributed by atoms with Crippen molar-refractivity contribution in [3.05, 3.63) is 58.6 Å². The van der Waals surface area contributed by atoms with E-state index in [1.165, 1.54) is 0 Å². The van der Waals surface area contributed by atoms with E-state index in [2.05, 4.69) is 0 Å². The average molecular weight is 320 g/mol. The number of halogens is 2. The molecule has 21 heavy (non-hydrogen) atoms. The second kappa shape index (κ2) is 5.92. The first kappa shape index (κ1) is 14.2. The molecule has 2 aromatic carbocycles. The Morgan fingerprint density at radius 2 is 1.67 bits per heavy atom. The molecule has 0 aliphatic carbocycles. The first-order valence-corrected chi connectivity index (χ1v) is 7.38. The van der Waals surface area contributed by atoms with Gasteiger partial charge >= 0.3 is 11.3 Å². The standard InChI is InChI=1S/C17H13Cl2O2/c1-2-20-17-10-16(11-3-5-12(18)6-4-11)21-15-8-7-13(19)9-14(15)17/h3-10H,2H2,1H3/q+1. The van der Waals surface area contributed by atoms with Crippen molar-refractivity contribution in [2.75, 3.05) is 6.61 Å². The van der Waals surface area contributed by atoms with E-state index >= 15 is 0 Å². The zero-order valence-electron chi connectivity index (χ0n) is 11.4. The highest BCUT2D eigenvalue weighted by atomic mass is 35.5. The Bertz CT molecular complexity index is 783. The fourth-order valence-corrected chi connectivity index (χ4v) is 2.46. The summed E-state index contributed by atoms with van der Waals surface area (Å²) in [6, 6.07) is 14.9. The monoisotopic (exact) mass is 319 g/mol. The molecule has 0 bridgehead atoms. The van der Waals surface area contributed by atoms with Gasteiger partial charge in [0.1, 0.15) is 11.1 Å². The van der Waals surface area contributed by atoms with Crippen molar-refractivity contribution in [3.63, 3.8) is 0 Å². The second-order valence-electron chi connectivity index (χ2n) is 4.56. The average Bonchev–Trinajstić information content (AvgIpc) is 2.48. The Balaban J connectivity index is 2.20. The minimum Gasteiger partial charge on any atom is -0.493 e. The van der Waals surface area contributed by atoms with Crippen molar-refractivity contribution >= 4 is 34.2 Å². The summed E-state index contributed by atoms with van der Waals surface area (Å²) in [6.45, 7) is 2.52. The van der Waals surface area contributed by atoms with Crippen LogP contribution >= 0.6 is 23.2 Å². The third-order valence-electron chi connectivity index (χ3n) is 3.12. The predicted octanol–water partition coefficient (Wildman–Crippen LogP) is 6.09. The summed E-state index contributed by atoms with van der Waals surface area (Å²) in [4.78, 5) is 0. The number of rotatable bonds is 3. The lowest BCUT2D eigenvalue weighted by atomic mass is 10.1. The molecule has 106 valence electrons. The molecule has 3 rings (SSSR count). The second-order valence-corrected chi connectivity index (χ2v) is 5.43. The van der Waals surface area contributed by atoms with Crippen molar-refractivity contribution in [1.29, 1.82) is 0 Å². The topological polar surface area (TPSA) is 20.5 Å². The molecular weight excluding hydrogens is 307 g/mol. The van der Waals surface area contributed by atoms with Gasteiger partial charge in [-0.1, -0.05) is 23.2 Å². The zero-order chi connectivity index (χ0) is 14.8. The maximum Gasteiger partial charge on any atom is 0.364 e. The van der Waals surface area contributed by atoms with Crippen LogP contribution in [-0.4, -0.2) is 6.61 Å². The third kappa shape index (κ3) is 2.97. The van der Waals surface area contributed by atoms with Gasteiger partial charge in [-0.2, -0.15) is 0 Å². The van der Waals surface area contributed by atoms with Gasteiger partial charge in [-0.15, -0.1) is 0 Å². The van der Waals surface area contributed by atoms with Crippen LogP contribution in [0.25, 0.3) is 22.3 Å². The molecule has 3 aromatic rings. The molecule has 0 aliphatic heterocycles. The molecule has 0 atom stereocenters. The molecule has 0 fully saturated rings. The molecule has 1 heterocycles. The van der Waals surface area contributed by atoms with Crippen LogP contribution < -0.4 is 4.74 Å². The van der Waals surface area contributed by atoms with Crippen molar-refractivity contribution in [2.45, 2.75) is 6.92 Å². The third-order valence-corrected chi connectivity index (χ3v) is 3.60. The van der Waals surface area contributed by atoms with E-state index in [0.29, 0.717) is 16.7 Å². The highest BCUT2D eigenvalue weighted by molar-refractivity contribution is 6.31. The molecule has 1 aromatic heterocycles. The molecule has 0 radical (unpaired) electrons. The fraction of sp³-hybridized carbons (Fsp3) is 0.118. The number of benzene rings is 2. The van der Waals surface area contributed by atoms with E-state index in [9.17, 15) is 0 Å². The van der Waals surface area contributed by atoms with Gasteiger partial charge in [-0.05, 0) is 43.3 Å². The maximum atomic E-state index is 6.05. The van der Waals surface area contributed by atoms with Gasteiger partial charge in [0.15, 0.2) is 0 Å².